The van der Waals surface area contributed by atoms with E-state index in [9.17, 15) is 4.79 Å². The average Bonchev–Trinajstić information content (AvgIpc) is 2.30. The molecule has 3 nitrogen and oxygen atoms in total. The molecule has 0 bridgehead atoms. The van der Waals surface area contributed by atoms with Gasteiger partial charge in [0, 0.05) is 11.1 Å². The predicted molar refractivity (Wildman–Crippen MR) is 75.6 cm³/mol. The molecule has 0 aliphatic carbocycles. The number of hydrogen-bond acceptors (Lipinski definition) is 2. The van der Waals surface area contributed by atoms with Gasteiger partial charge >= 0.3 is 0 Å². The van der Waals surface area contributed by atoms with E-state index in [0.29, 0.717) is 6.42 Å². The molecular weight excluding hydrogens is 248 g/mol. The summed E-state index contributed by atoms with van der Waals surface area (Å²) in [6.45, 7) is 5.82. The van der Waals surface area contributed by atoms with E-state index in [2.05, 4.69) is 5.32 Å². The zero-order valence-corrected chi connectivity index (χ0v) is 11.9. The maximum Gasteiger partial charge on any atom is 0.237 e. The second kappa shape index (κ2) is 6.76. The fourth-order valence-corrected chi connectivity index (χ4v) is 1.90. The molecule has 0 saturated carbocycles. The van der Waals surface area contributed by atoms with Gasteiger partial charge in [-0.1, -0.05) is 43.6 Å². The molecule has 1 unspecified atom stereocenters. The Morgan fingerprint density at radius 1 is 1.33 bits per heavy atom. The Morgan fingerprint density at radius 3 is 2.50 bits per heavy atom. The largest absolute Gasteiger partial charge is 0.352 e. The first-order valence-corrected chi connectivity index (χ1v) is 6.59. The normalized spacial score (nSPS) is 14.3. The van der Waals surface area contributed by atoms with Crippen LogP contribution in [0.15, 0.2) is 24.3 Å². The molecule has 0 fully saturated rings. The lowest BCUT2D eigenvalue weighted by atomic mass is 10.0. The molecule has 100 valence electrons. The highest BCUT2D eigenvalue weighted by Crippen LogP contribution is 2.16. The summed E-state index contributed by atoms with van der Waals surface area (Å²) in [5.41, 5.74) is 6.83. The zero-order valence-electron chi connectivity index (χ0n) is 11.1. The highest BCUT2D eigenvalue weighted by Gasteiger charge is 2.19. The molecule has 0 aliphatic heterocycles. The predicted octanol–water partition coefficient (Wildman–Crippen LogP) is 2.37. The van der Waals surface area contributed by atoms with Crippen LogP contribution in [0.3, 0.4) is 0 Å². The van der Waals surface area contributed by atoms with Crippen LogP contribution >= 0.6 is 11.6 Å². The summed E-state index contributed by atoms with van der Waals surface area (Å²) < 4.78 is 0. The van der Waals surface area contributed by atoms with Crippen LogP contribution in [0.5, 0.6) is 0 Å². The third kappa shape index (κ3) is 4.31. The smallest absolute Gasteiger partial charge is 0.237 e. The summed E-state index contributed by atoms with van der Waals surface area (Å²) in [6.07, 6.45) is 0.705. The van der Waals surface area contributed by atoms with E-state index in [1.165, 1.54) is 0 Å². The number of amides is 1. The SMILES string of the molecule is CC(Cc1ccccc1Cl)NC(=O)[C@H](N)C(C)C. The number of benzene rings is 1. The average molecular weight is 269 g/mol. The minimum atomic E-state index is -0.460. The van der Waals surface area contributed by atoms with Crippen molar-refractivity contribution in [2.75, 3.05) is 0 Å². The summed E-state index contributed by atoms with van der Waals surface area (Å²) in [4.78, 5) is 11.8. The van der Waals surface area contributed by atoms with Gasteiger partial charge in [0.2, 0.25) is 5.91 Å². The van der Waals surface area contributed by atoms with Crippen molar-refractivity contribution >= 4 is 17.5 Å². The van der Waals surface area contributed by atoms with Gasteiger partial charge in [-0.2, -0.15) is 0 Å². The number of hydrogen-bond donors (Lipinski definition) is 2. The second-order valence-corrected chi connectivity index (χ2v) is 5.38. The van der Waals surface area contributed by atoms with Gasteiger partial charge in [0.25, 0.3) is 0 Å². The maximum atomic E-state index is 11.8. The third-order valence-electron chi connectivity index (χ3n) is 2.89. The van der Waals surface area contributed by atoms with Gasteiger partial charge in [0.05, 0.1) is 6.04 Å². The van der Waals surface area contributed by atoms with Crippen molar-refractivity contribution in [3.63, 3.8) is 0 Å². The Morgan fingerprint density at radius 2 is 1.94 bits per heavy atom. The zero-order chi connectivity index (χ0) is 13.7. The van der Waals surface area contributed by atoms with E-state index in [1.54, 1.807) is 0 Å². The van der Waals surface area contributed by atoms with Gasteiger partial charge in [-0.25, -0.2) is 0 Å². The Bertz CT molecular complexity index is 407. The van der Waals surface area contributed by atoms with Gasteiger partial charge in [-0.3, -0.25) is 4.79 Å². The van der Waals surface area contributed by atoms with Crippen LogP contribution < -0.4 is 11.1 Å². The summed E-state index contributed by atoms with van der Waals surface area (Å²) in [5.74, 6) is 0.0297. The molecule has 0 spiro atoms. The molecule has 1 amide bonds. The van der Waals surface area contributed by atoms with E-state index >= 15 is 0 Å². The fraction of sp³-hybridized carbons (Fsp3) is 0.500. The van der Waals surface area contributed by atoms with Gasteiger partial charge in [0.15, 0.2) is 0 Å². The molecule has 3 N–H and O–H groups in total. The van der Waals surface area contributed by atoms with E-state index in [4.69, 9.17) is 17.3 Å². The monoisotopic (exact) mass is 268 g/mol. The van der Waals surface area contributed by atoms with E-state index in [1.807, 2.05) is 45.0 Å². The Kier molecular flexibility index (Phi) is 5.63. The Hall–Kier alpha value is -1.06. The van der Waals surface area contributed by atoms with Crippen LogP contribution in [-0.2, 0) is 11.2 Å². The molecule has 0 aromatic heterocycles. The van der Waals surface area contributed by atoms with E-state index in [-0.39, 0.29) is 17.9 Å². The van der Waals surface area contributed by atoms with Crippen LogP contribution in [-0.4, -0.2) is 18.0 Å². The molecule has 1 aromatic rings. The quantitative estimate of drug-likeness (QED) is 0.861. The third-order valence-corrected chi connectivity index (χ3v) is 3.26. The number of nitrogens with one attached hydrogen (secondary N) is 1. The number of halogens is 1. The topological polar surface area (TPSA) is 55.1 Å². The van der Waals surface area contributed by atoms with Crippen LogP contribution in [0, 0.1) is 5.92 Å². The van der Waals surface area contributed by atoms with Crippen molar-refractivity contribution < 1.29 is 4.79 Å². The van der Waals surface area contributed by atoms with Crippen LogP contribution in [0.25, 0.3) is 0 Å². The molecule has 2 atom stereocenters. The minimum Gasteiger partial charge on any atom is -0.352 e. The summed E-state index contributed by atoms with van der Waals surface area (Å²) >= 11 is 6.08. The number of carbonyl (C=O) groups excluding carboxylic acids is 1. The van der Waals surface area contributed by atoms with Crippen molar-refractivity contribution in [2.24, 2.45) is 11.7 Å². The summed E-state index contributed by atoms with van der Waals surface area (Å²) in [6, 6.07) is 7.21. The molecule has 0 radical (unpaired) electrons. The van der Waals surface area contributed by atoms with E-state index in [0.717, 1.165) is 10.6 Å². The van der Waals surface area contributed by atoms with Crippen molar-refractivity contribution in [1.82, 2.24) is 5.32 Å². The standard InChI is InChI=1S/C14H21ClN2O/c1-9(2)13(16)14(18)17-10(3)8-11-6-4-5-7-12(11)15/h4-7,9-10,13H,8,16H2,1-3H3,(H,17,18)/t10?,13-/m1/s1. The van der Waals surface area contributed by atoms with Gasteiger partial charge in [-0.05, 0) is 30.9 Å². The molecule has 18 heavy (non-hydrogen) atoms. The van der Waals surface area contributed by atoms with Crippen molar-refractivity contribution in [1.29, 1.82) is 0 Å². The molecule has 4 heteroatoms. The van der Waals surface area contributed by atoms with Crippen molar-refractivity contribution in [3.05, 3.63) is 34.9 Å². The minimum absolute atomic E-state index is 0.0159. The maximum absolute atomic E-state index is 11.8. The van der Waals surface area contributed by atoms with Crippen LogP contribution in [0.2, 0.25) is 5.02 Å². The van der Waals surface area contributed by atoms with Crippen molar-refractivity contribution in [3.8, 4) is 0 Å². The van der Waals surface area contributed by atoms with Gasteiger partial charge in [-0.15, -0.1) is 0 Å². The first-order chi connectivity index (χ1) is 8.41. The first-order valence-electron chi connectivity index (χ1n) is 6.21. The van der Waals surface area contributed by atoms with Gasteiger partial charge < -0.3 is 11.1 Å². The lowest BCUT2D eigenvalue weighted by Gasteiger charge is -2.20. The fourth-order valence-electron chi connectivity index (χ4n) is 1.69. The lowest BCUT2D eigenvalue weighted by molar-refractivity contribution is -0.123. The molecule has 0 aliphatic rings. The van der Waals surface area contributed by atoms with Crippen LogP contribution in [0.4, 0.5) is 0 Å². The molecule has 1 rings (SSSR count). The lowest BCUT2D eigenvalue weighted by Crippen LogP contribution is -2.47. The highest BCUT2D eigenvalue weighted by molar-refractivity contribution is 6.31. The summed E-state index contributed by atoms with van der Waals surface area (Å²) in [5, 5.41) is 3.64. The highest BCUT2D eigenvalue weighted by atomic mass is 35.5. The number of rotatable bonds is 5. The first kappa shape index (κ1) is 15.0. The van der Waals surface area contributed by atoms with Crippen molar-refractivity contribution in [2.45, 2.75) is 39.3 Å². The van der Waals surface area contributed by atoms with Crippen LogP contribution in [0.1, 0.15) is 26.3 Å². The molecule has 0 heterocycles. The molecule has 0 saturated heterocycles. The number of carbonyl (C=O) groups is 1. The van der Waals surface area contributed by atoms with Gasteiger partial charge in [0.1, 0.15) is 0 Å². The Balaban J connectivity index is 2.55. The summed E-state index contributed by atoms with van der Waals surface area (Å²) in [7, 11) is 0. The second-order valence-electron chi connectivity index (χ2n) is 4.97. The Labute approximate surface area is 114 Å². The molecule has 1 aromatic carbocycles. The number of nitrogens with two attached hydrogens (primary N) is 1. The van der Waals surface area contributed by atoms with E-state index < -0.39 is 6.04 Å². The molecular formula is C14H21ClN2O.